The minimum Gasteiger partial charge on any atom is -0.392 e. The first kappa shape index (κ1) is 11.7. The molecule has 0 aromatic carbocycles. The molecule has 0 aromatic rings. The zero-order valence-corrected chi connectivity index (χ0v) is 8.45. The fraction of sp³-hybridized carbons (Fsp3) is 0.800. The van der Waals surface area contributed by atoms with E-state index < -0.39 is 0 Å². The molecule has 0 radical (unpaired) electrons. The van der Waals surface area contributed by atoms with Crippen LogP contribution in [0.3, 0.4) is 0 Å². The Kier molecular flexibility index (Phi) is 6.03. The fourth-order valence-corrected chi connectivity index (χ4v) is 1.48. The maximum absolute atomic E-state index is 8.58. The van der Waals surface area contributed by atoms with E-state index in [1.807, 2.05) is 6.08 Å². The van der Waals surface area contributed by atoms with E-state index in [9.17, 15) is 0 Å². The molecular weight excluding hydrogens is 152 g/mol. The van der Waals surface area contributed by atoms with Gasteiger partial charge in [0.25, 0.3) is 0 Å². The third-order valence-electron chi connectivity index (χ3n) is 1.99. The van der Waals surface area contributed by atoms with Crippen molar-refractivity contribution in [3.05, 3.63) is 12.2 Å². The quantitative estimate of drug-likeness (QED) is 0.641. The van der Waals surface area contributed by atoms with Crippen molar-refractivity contribution >= 4 is 0 Å². The third kappa shape index (κ3) is 3.88. The molecule has 2 nitrogen and oxygen atoms in total. The van der Waals surface area contributed by atoms with Crippen LogP contribution in [0.5, 0.6) is 0 Å². The van der Waals surface area contributed by atoms with E-state index in [-0.39, 0.29) is 12.7 Å². The summed E-state index contributed by atoms with van der Waals surface area (Å²) in [5.74, 6) is 0.871. The molecule has 0 fully saturated rings. The molecule has 12 heavy (non-hydrogen) atoms. The molecule has 0 aliphatic carbocycles. The summed E-state index contributed by atoms with van der Waals surface area (Å²) in [6, 6.07) is 0. The number of hydrogen-bond acceptors (Lipinski definition) is 2. The second-order valence-corrected chi connectivity index (χ2v) is 3.41. The van der Waals surface area contributed by atoms with Gasteiger partial charge in [-0.15, -0.1) is 0 Å². The van der Waals surface area contributed by atoms with E-state index in [2.05, 4.69) is 20.8 Å². The molecule has 0 spiro atoms. The molecule has 0 saturated heterocycles. The van der Waals surface area contributed by atoms with Crippen molar-refractivity contribution in [2.75, 3.05) is 13.7 Å². The number of methoxy groups -OCH3 is 1. The van der Waals surface area contributed by atoms with Crippen molar-refractivity contribution in [1.29, 1.82) is 0 Å². The van der Waals surface area contributed by atoms with Crippen LogP contribution in [0.25, 0.3) is 0 Å². The Morgan fingerprint density at radius 1 is 1.33 bits per heavy atom. The second kappa shape index (κ2) is 6.21. The van der Waals surface area contributed by atoms with Gasteiger partial charge in [-0.2, -0.15) is 0 Å². The van der Waals surface area contributed by atoms with Gasteiger partial charge in [0.15, 0.2) is 0 Å². The SMILES string of the molecule is COC(C(C)C)C(C)C=CCO. The molecule has 0 heterocycles. The Balaban J connectivity index is 4.02. The standard InChI is InChI=1S/C10H20O2/c1-8(2)10(12-4)9(3)6-5-7-11/h5-6,8-11H,7H2,1-4H3. The molecule has 0 bridgehead atoms. The third-order valence-corrected chi connectivity index (χ3v) is 1.99. The molecule has 2 unspecified atom stereocenters. The highest BCUT2D eigenvalue weighted by atomic mass is 16.5. The van der Waals surface area contributed by atoms with E-state index in [1.165, 1.54) is 0 Å². The summed E-state index contributed by atoms with van der Waals surface area (Å²) in [6.07, 6.45) is 4.00. The summed E-state index contributed by atoms with van der Waals surface area (Å²) in [5.41, 5.74) is 0. The van der Waals surface area contributed by atoms with E-state index in [0.29, 0.717) is 11.8 Å². The average Bonchev–Trinajstić information content (AvgIpc) is 2.01. The number of ether oxygens (including phenoxy) is 1. The van der Waals surface area contributed by atoms with Gasteiger partial charge in [-0.3, -0.25) is 0 Å². The smallest absolute Gasteiger partial charge is 0.0654 e. The lowest BCUT2D eigenvalue weighted by atomic mass is 9.94. The van der Waals surface area contributed by atoms with Crippen molar-refractivity contribution in [1.82, 2.24) is 0 Å². The van der Waals surface area contributed by atoms with Gasteiger partial charge in [0, 0.05) is 13.0 Å². The van der Waals surface area contributed by atoms with Crippen molar-refractivity contribution in [3.63, 3.8) is 0 Å². The maximum atomic E-state index is 8.58. The van der Waals surface area contributed by atoms with Gasteiger partial charge in [0.05, 0.1) is 12.7 Å². The predicted molar refractivity (Wildman–Crippen MR) is 51.0 cm³/mol. The van der Waals surface area contributed by atoms with Crippen molar-refractivity contribution in [2.24, 2.45) is 11.8 Å². The number of aliphatic hydroxyl groups excluding tert-OH is 1. The highest BCUT2D eigenvalue weighted by Gasteiger charge is 2.17. The first-order valence-corrected chi connectivity index (χ1v) is 4.43. The Morgan fingerprint density at radius 2 is 1.92 bits per heavy atom. The summed E-state index contributed by atoms with van der Waals surface area (Å²) >= 11 is 0. The number of hydrogen-bond donors (Lipinski definition) is 1. The highest BCUT2D eigenvalue weighted by Crippen LogP contribution is 2.16. The first-order valence-electron chi connectivity index (χ1n) is 4.43. The van der Waals surface area contributed by atoms with Crippen LogP contribution in [0, 0.1) is 11.8 Å². The molecule has 0 saturated carbocycles. The number of aliphatic hydroxyl groups is 1. The normalized spacial score (nSPS) is 17.2. The average molecular weight is 172 g/mol. The van der Waals surface area contributed by atoms with Crippen molar-refractivity contribution < 1.29 is 9.84 Å². The monoisotopic (exact) mass is 172 g/mol. The van der Waals surface area contributed by atoms with E-state index in [1.54, 1.807) is 13.2 Å². The summed E-state index contributed by atoms with van der Waals surface area (Å²) in [6.45, 7) is 6.48. The van der Waals surface area contributed by atoms with Crippen LogP contribution in [0.1, 0.15) is 20.8 Å². The molecule has 0 rings (SSSR count). The highest BCUT2D eigenvalue weighted by molar-refractivity contribution is 4.90. The molecular formula is C10H20O2. The Morgan fingerprint density at radius 3 is 2.25 bits per heavy atom. The van der Waals surface area contributed by atoms with E-state index in [4.69, 9.17) is 9.84 Å². The minimum absolute atomic E-state index is 0.110. The Hall–Kier alpha value is -0.340. The molecule has 0 aliphatic heterocycles. The summed E-state index contributed by atoms with van der Waals surface area (Å²) in [5, 5.41) is 8.58. The maximum Gasteiger partial charge on any atom is 0.0654 e. The van der Waals surface area contributed by atoms with E-state index >= 15 is 0 Å². The van der Waals surface area contributed by atoms with Gasteiger partial charge >= 0.3 is 0 Å². The van der Waals surface area contributed by atoms with Crippen LogP contribution in [0.15, 0.2) is 12.2 Å². The van der Waals surface area contributed by atoms with Gasteiger partial charge in [0.1, 0.15) is 0 Å². The van der Waals surface area contributed by atoms with Crippen LogP contribution in [0.2, 0.25) is 0 Å². The molecule has 72 valence electrons. The first-order chi connectivity index (χ1) is 5.63. The zero-order chi connectivity index (χ0) is 9.56. The van der Waals surface area contributed by atoms with Gasteiger partial charge in [0.2, 0.25) is 0 Å². The minimum atomic E-state index is 0.110. The topological polar surface area (TPSA) is 29.5 Å². The van der Waals surface area contributed by atoms with Crippen LogP contribution in [-0.2, 0) is 4.74 Å². The summed E-state index contributed by atoms with van der Waals surface area (Å²) in [4.78, 5) is 0. The second-order valence-electron chi connectivity index (χ2n) is 3.41. The molecule has 0 aliphatic rings. The largest absolute Gasteiger partial charge is 0.392 e. The molecule has 0 aromatic heterocycles. The lowest BCUT2D eigenvalue weighted by Gasteiger charge is -2.23. The van der Waals surface area contributed by atoms with E-state index in [0.717, 1.165) is 0 Å². The fourth-order valence-electron chi connectivity index (χ4n) is 1.48. The Labute approximate surface area is 75.2 Å². The van der Waals surface area contributed by atoms with Crippen molar-refractivity contribution in [2.45, 2.75) is 26.9 Å². The molecule has 2 heteroatoms. The molecule has 2 atom stereocenters. The Bertz CT molecular complexity index is 130. The lowest BCUT2D eigenvalue weighted by Crippen LogP contribution is -2.24. The molecule has 0 amide bonds. The van der Waals surface area contributed by atoms with Crippen LogP contribution in [-0.4, -0.2) is 24.9 Å². The summed E-state index contributed by atoms with van der Waals surface area (Å²) in [7, 11) is 1.73. The van der Waals surface area contributed by atoms with Gasteiger partial charge in [-0.1, -0.05) is 32.9 Å². The number of rotatable bonds is 5. The summed E-state index contributed by atoms with van der Waals surface area (Å²) < 4.78 is 5.34. The predicted octanol–water partition coefficient (Wildman–Crippen LogP) is 1.84. The van der Waals surface area contributed by atoms with Gasteiger partial charge in [-0.25, -0.2) is 0 Å². The molecule has 1 N–H and O–H groups in total. The zero-order valence-electron chi connectivity index (χ0n) is 8.45. The van der Waals surface area contributed by atoms with Crippen LogP contribution >= 0.6 is 0 Å². The van der Waals surface area contributed by atoms with Crippen LogP contribution < -0.4 is 0 Å². The lowest BCUT2D eigenvalue weighted by molar-refractivity contribution is 0.0377. The van der Waals surface area contributed by atoms with Gasteiger partial charge in [-0.05, 0) is 5.92 Å². The van der Waals surface area contributed by atoms with Crippen LogP contribution in [0.4, 0.5) is 0 Å². The van der Waals surface area contributed by atoms with Crippen molar-refractivity contribution in [3.8, 4) is 0 Å². The van der Waals surface area contributed by atoms with Gasteiger partial charge < -0.3 is 9.84 Å².